The highest BCUT2D eigenvalue weighted by Crippen LogP contribution is 2.27. The average Bonchev–Trinajstić information content (AvgIpc) is 2.48. The molecule has 0 radical (unpaired) electrons. The highest BCUT2D eigenvalue weighted by Gasteiger charge is 2.10. The summed E-state index contributed by atoms with van der Waals surface area (Å²) < 4.78 is 5.81. The van der Waals surface area contributed by atoms with Gasteiger partial charge in [-0.15, -0.1) is 0 Å². The first-order chi connectivity index (χ1) is 10.1. The first-order valence-electron chi connectivity index (χ1n) is 7.02. The molecule has 0 saturated carbocycles. The van der Waals surface area contributed by atoms with Crippen LogP contribution in [-0.2, 0) is 0 Å². The molecule has 4 nitrogen and oxygen atoms in total. The Morgan fingerprint density at radius 1 is 1.24 bits per heavy atom. The number of nitrogens with one attached hydrogen (secondary N) is 1. The maximum Gasteiger partial charge on any atom is 0.252 e. The Labute approximate surface area is 124 Å². The summed E-state index contributed by atoms with van der Waals surface area (Å²) in [5.74, 6) is 0.659. The van der Waals surface area contributed by atoms with E-state index in [0.717, 1.165) is 12.1 Å². The van der Waals surface area contributed by atoms with Gasteiger partial charge >= 0.3 is 0 Å². The fourth-order valence-electron chi connectivity index (χ4n) is 2.16. The van der Waals surface area contributed by atoms with Crippen molar-refractivity contribution in [2.24, 2.45) is 5.73 Å². The number of amides is 1. The lowest BCUT2D eigenvalue weighted by Crippen LogP contribution is -2.17. The molecule has 0 aliphatic carbocycles. The smallest absolute Gasteiger partial charge is 0.252 e. The highest BCUT2D eigenvalue weighted by atomic mass is 16.5. The van der Waals surface area contributed by atoms with E-state index in [1.54, 1.807) is 18.2 Å². The van der Waals surface area contributed by atoms with Gasteiger partial charge in [0.25, 0.3) is 5.91 Å². The summed E-state index contributed by atoms with van der Waals surface area (Å²) in [6.07, 6.45) is 0. The molecular formula is C17H20N2O2. The number of hydrogen-bond donors (Lipinski definition) is 2. The fourth-order valence-corrected chi connectivity index (χ4v) is 2.16. The molecule has 110 valence electrons. The van der Waals surface area contributed by atoms with Crippen molar-refractivity contribution in [2.75, 3.05) is 6.54 Å². The SMILES string of the molecule is CCNC(C)c1cccc(Oc2ccccc2C(N)=O)c1. The molecule has 1 amide bonds. The first kappa shape index (κ1) is 15.1. The number of benzene rings is 2. The van der Waals surface area contributed by atoms with Crippen molar-refractivity contribution < 1.29 is 9.53 Å². The lowest BCUT2D eigenvalue weighted by atomic mass is 10.1. The zero-order valence-electron chi connectivity index (χ0n) is 12.3. The predicted molar refractivity (Wildman–Crippen MR) is 83.6 cm³/mol. The molecule has 0 bridgehead atoms. The van der Waals surface area contributed by atoms with Crippen molar-refractivity contribution in [3.8, 4) is 11.5 Å². The van der Waals surface area contributed by atoms with Crippen LogP contribution in [-0.4, -0.2) is 12.5 Å². The fraction of sp³-hybridized carbons (Fsp3) is 0.235. The van der Waals surface area contributed by atoms with Crippen LogP contribution in [0, 0.1) is 0 Å². The third-order valence-corrected chi connectivity index (χ3v) is 3.25. The molecule has 0 spiro atoms. The molecular weight excluding hydrogens is 264 g/mol. The second-order valence-electron chi connectivity index (χ2n) is 4.81. The predicted octanol–water partition coefficient (Wildman–Crippen LogP) is 3.25. The van der Waals surface area contributed by atoms with Crippen LogP contribution in [0.15, 0.2) is 48.5 Å². The average molecular weight is 284 g/mol. The lowest BCUT2D eigenvalue weighted by molar-refractivity contribution is 0.0998. The van der Waals surface area contributed by atoms with Gasteiger partial charge in [-0.2, -0.15) is 0 Å². The third-order valence-electron chi connectivity index (χ3n) is 3.25. The van der Waals surface area contributed by atoms with Gasteiger partial charge in [-0.1, -0.05) is 31.2 Å². The summed E-state index contributed by atoms with van der Waals surface area (Å²) in [5, 5.41) is 3.35. The molecule has 2 aromatic carbocycles. The Morgan fingerprint density at radius 3 is 2.71 bits per heavy atom. The van der Waals surface area contributed by atoms with E-state index in [9.17, 15) is 4.79 Å². The van der Waals surface area contributed by atoms with Crippen LogP contribution < -0.4 is 15.8 Å². The molecule has 2 aromatic rings. The maximum absolute atomic E-state index is 11.4. The van der Waals surface area contributed by atoms with Crippen LogP contribution in [0.3, 0.4) is 0 Å². The van der Waals surface area contributed by atoms with Gasteiger partial charge in [-0.25, -0.2) is 0 Å². The summed E-state index contributed by atoms with van der Waals surface area (Å²) in [6.45, 7) is 5.07. The van der Waals surface area contributed by atoms with Crippen molar-refractivity contribution >= 4 is 5.91 Å². The molecule has 0 aromatic heterocycles. The molecule has 0 heterocycles. The van der Waals surface area contributed by atoms with Gasteiger partial charge in [0.1, 0.15) is 11.5 Å². The van der Waals surface area contributed by atoms with E-state index in [-0.39, 0.29) is 6.04 Å². The molecule has 0 fully saturated rings. The van der Waals surface area contributed by atoms with E-state index in [1.165, 1.54) is 0 Å². The zero-order chi connectivity index (χ0) is 15.2. The van der Waals surface area contributed by atoms with Gasteiger partial charge in [0.15, 0.2) is 0 Å². The summed E-state index contributed by atoms with van der Waals surface area (Å²) in [4.78, 5) is 11.4. The summed E-state index contributed by atoms with van der Waals surface area (Å²) in [5.41, 5.74) is 6.86. The first-order valence-corrected chi connectivity index (χ1v) is 7.02. The second kappa shape index (κ2) is 6.90. The summed E-state index contributed by atoms with van der Waals surface area (Å²) >= 11 is 0. The minimum absolute atomic E-state index is 0.241. The Balaban J connectivity index is 2.24. The van der Waals surface area contributed by atoms with Gasteiger partial charge in [0, 0.05) is 6.04 Å². The number of hydrogen-bond acceptors (Lipinski definition) is 3. The Kier molecular flexibility index (Phi) is 4.95. The van der Waals surface area contributed by atoms with Crippen molar-refractivity contribution in [2.45, 2.75) is 19.9 Å². The zero-order valence-corrected chi connectivity index (χ0v) is 12.3. The van der Waals surface area contributed by atoms with Gasteiger partial charge in [0.2, 0.25) is 0 Å². The summed E-state index contributed by atoms with van der Waals surface area (Å²) in [7, 11) is 0. The molecule has 0 aliphatic heterocycles. The van der Waals surface area contributed by atoms with E-state index in [0.29, 0.717) is 17.1 Å². The van der Waals surface area contributed by atoms with E-state index in [2.05, 4.69) is 19.2 Å². The molecule has 0 aliphatic rings. The van der Waals surface area contributed by atoms with Crippen LogP contribution in [0.2, 0.25) is 0 Å². The number of ether oxygens (including phenoxy) is 1. The van der Waals surface area contributed by atoms with Crippen LogP contribution >= 0.6 is 0 Å². The number of carbonyl (C=O) groups is 1. The Morgan fingerprint density at radius 2 is 2.00 bits per heavy atom. The second-order valence-corrected chi connectivity index (χ2v) is 4.81. The van der Waals surface area contributed by atoms with Gasteiger partial charge in [0.05, 0.1) is 5.56 Å². The molecule has 1 unspecified atom stereocenters. The molecule has 21 heavy (non-hydrogen) atoms. The number of carbonyl (C=O) groups excluding carboxylic acids is 1. The van der Waals surface area contributed by atoms with Gasteiger partial charge in [-0.05, 0) is 43.3 Å². The van der Waals surface area contributed by atoms with E-state index < -0.39 is 5.91 Å². The van der Waals surface area contributed by atoms with Crippen LogP contribution in [0.25, 0.3) is 0 Å². The highest BCUT2D eigenvalue weighted by molar-refractivity contribution is 5.95. The molecule has 1 atom stereocenters. The molecule has 0 saturated heterocycles. The third kappa shape index (κ3) is 3.83. The van der Waals surface area contributed by atoms with E-state index in [4.69, 9.17) is 10.5 Å². The summed E-state index contributed by atoms with van der Waals surface area (Å²) in [6, 6.07) is 15.0. The van der Waals surface area contributed by atoms with Gasteiger partial charge in [-0.3, -0.25) is 4.79 Å². The quantitative estimate of drug-likeness (QED) is 0.855. The van der Waals surface area contributed by atoms with Crippen LogP contribution in [0.1, 0.15) is 35.8 Å². The Bertz CT molecular complexity index is 626. The van der Waals surface area contributed by atoms with E-state index in [1.807, 2.05) is 30.3 Å². The molecule has 2 rings (SSSR count). The van der Waals surface area contributed by atoms with Crippen molar-refractivity contribution in [1.29, 1.82) is 0 Å². The van der Waals surface area contributed by atoms with Crippen molar-refractivity contribution in [1.82, 2.24) is 5.32 Å². The van der Waals surface area contributed by atoms with Crippen molar-refractivity contribution in [3.05, 3.63) is 59.7 Å². The van der Waals surface area contributed by atoms with Crippen LogP contribution in [0.5, 0.6) is 11.5 Å². The number of primary amides is 1. The number of rotatable bonds is 6. The minimum atomic E-state index is -0.497. The van der Waals surface area contributed by atoms with Crippen molar-refractivity contribution in [3.63, 3.8) is 0 Å². The standard InChI is InChI=1S/C17H20N2O2/c1-3-19-12(2)13-7-6-8-14(11-13)21-16-10-5-4-9-15(16)17(18)20/h4-12,19H,3H2,1-2H3,(H2,18,20). The lowest BCUT2D eigenvalue weighted by Gasteiger charge is -2.15. The van der Waals surface area contributed by atoms with E-state index >= 15 is 0 Å². The topological polar surface area (TPSA) is 64.3 Å². The van der Waals surface area contributed by atoms with Gasteiger partial charge < -0.3 is 15.8 Å². The molecule has 4 heteroatoms. The van der Waals surface area contributed by atoms with Crippen LogP contribution in [0.4, 0.5) is 0 Å². The molecule has 3 N–H and O–H groups in total. The minimum Gasteiger partial charge on any atom is -0.457 e. The number of nitrogens with two attached hydrogens (primary N) is 1. The monoisotopic (exact) mass is 284 g/mol. The maximum atomic E-state index is 11.4. The number of para-hydroxylation sites is 1. The largest absolute Gasteiger partial charge is 0.457 e. The normalized spacial score (nSPS) is 11.9. The Hall–Kier alpha value is -2.33.